The highest BCUT2D eigenvalue weighted by molar-refractivity contribution is 5.87. The summed E-state index contributed by atoms with van der Waals surface area (Å²) in [6.07, 6.45) is 2.53. The number of nitrogens with two attached hydrogens (primary N) is 1. The molecule has 0 saturated heterocycles. The maximum absolute atomic E-state index is 9.56. The molecule has 0 aliphatic heterocycles. The lowest BCUT2D eigenvalue weighted by molar-refractivity contribution is 0.449. The van der Waals surface area contributed by atoms with E-state index in [9.17, 15) is 15.3 Å². The molecule has 9 nitrogen and oxygen atoms in total. The summed E-state index contributed by atoms with van der Waals surface area (Å²) in [7, 11) is 0. The second-order valence-electron chi connectivity index (χ2n) is 4.59. The quantitative estimate of drug-likeness (QED) is 0.276. The Morgan fingerprint density at radius 2 is 1.42 bits per heavy atom. The Bertz CT molecular complexity index is 818. The lowest BCUT2D eigenvalue weighted by atomic mass is 10.2. The first-order chi connectivity index (χ1) is 11.5. The topological polar surface area (TPSA) is 156 Å². The predicted molar refractivity (Wildman–Crippen MR) is 89.5 cm³/mol. The first-order valence-electron chi connectivity index (χ1n) is 6.65. The number of rotatable bonds is 4. The van der Waals surface area contributed by atoms with E-state index in [-0.39, 0.29) is 29.0 Å². The Kier molecular flexibility index (Phi) is 5.19. The van der Waals surface area contributed by atoms with E-state index in [1.807, 2.05) is 0 Å². The second-order valence-corrected chi connectivity index (χ2v) is 4.59. The van der Waals surface area contributed by atoms with Crippen LogP contribution >= 0.6 is 0 Å². The van der Waals surface area contributed by atoms with Gasteiger partial charge in [-0.3, -0.25) is 0 Å². The van der Waals surface area contributed by atoms with Crippen LogP contribution in [0.1, 0.15) is 11.1 Å². The minimum atomic E-state index is -0.152. The van der Waals surface area contributed by atoms with Crippen molar-refractivity contribution in [3.05, 3.63) is 47.5 Å². The molecule has 2 aromatic carbocycles. The SMILES string of the molecule is NC(=N/N=C\c1ccc(O)cc1O)N/N=C/c1ccc(O)cc1O. The molecule has 0 spiro atoms. The average Bonchev–Trinajstić information content (AvgIpc) is 2.51. The third-order valence-corrected chi connectivity index (χ3v) is 2.77. The average molecular weight is 329 g/mol. The van der Waals surface area contributed by atoms with Crippen LogP contribution in [0.4, 0.5) is 0 Å². The van der Waals surface area contributed by atoms with E-state index < -0.39 is 0 Å². The zero-order valence-corrected chi connectivity index (χ0v) is 12.3. The minimum Gasteiger partial charge on any atom is -0.508 e. The van der Waals surface area contributed by atoms with Crippen molar-refractivity contribution in [2.24, 2.45) is 21.0 Å². The Balaban J connectivity index is 1.96. The standard InChI is InChI=1S/C15H15N5O4/c16-15(19-17-7-9-1-3-11(21)5-13(9)23)20-18-8-10-2-4-12(22)6-14(10)24/h1-8,21-24H,(H3,16,19,20)/b17-7-,18-8+. The summed E-state index contributed by atoms with van der Waals surface area (Å²) in [5.74, 6) is -0.552. The number of aromatic hydroxyl groups is 4. The zero-order chi connectivity index (χ0) is 17.5. The number of phenolic OH excluding ortho intramolecular Hbond substituents is 4. The van der Waals surface area contributed by atoms with Crippen molar-refractivity contribution in [3.8, 4) is 23.0 Å². The number of nitrogens with one attached hydrogen (secondary N) is 1. The van der Waals surface area contributed by atoms with Crippen LogP contribution in [0.25, 0.3) is 0 Å². The summed E-state index contributed by atoms with van der Waals surface area (Å²) in [4.78, 5) is 0. The molecular weight excluding hydrogens is 314 g/mol. The summed E-state index contributed by atoms with van der Waals surface area (Å²) in [5.41, 5.74) is 8.64. The van der Waals surface area contributed by atoms with Crippen molar-refractivity contribution in [1.82, 2.24) is 5.43 Å². The van der Waals surface area contributed by atoms with Gasteiger partial charge in [0.1, 0.15) is 23.0 Å². The van der Waals surface area contributed by atoms with Crippen LogP contribution in [-0.2, 0) is 0 Å². The number of benzene rings is 2. The van der Waals surface area contributed by atoms with E-state index in [0.717, 1.165) is 0 Å². The van der Waals surface area contributed by atoms with E-state index in [4.69, 9.17) is 10.8 Å². The summed E-state index contributed by atoms with van der Waals surface area (Å²) >= 11 is 0. The number of hydrogen-bond donors (Lipinski definition) is 6. The van der Waals surface area contributed by atoms with Crippen LogP contribution in [0.15, 0.2) is 51.7 Å². The highest BCUT2D eigenvalue weighted by Gasteiger charge is 2.00. The summed E-state index contributed by atoms with van der Waals surface area (Å²) in [6, 6.07) is 8.05. The van der Waals surface area contributed by atoms with Crippen molar-refractivity contribution in [3.63, 3.8) is 0 Å². The minimum absolute atomic E-state index is 0.0643. The van der Waals surface area contributed by atoms with Gasteiger partial charge in [0.2, 0.25) is 5.96 Å². The van der Waals surface area contributed by atoms with Gasteiger partial charge in [-0.15, -0.1) is 5.10 Å². The van der Waals surface area contributed by atoms with Gasteiger partial charge in [0, 0.05) is 23.3 Å². The smallest absolute Gasteiger partial charge is 0.234 e. The Morgan fingerprint density at radius 3 is 1.96 bits per heavy atom. The Hall–Kier alpha value is -3.75. The fraction of sp³-hybridized carbons (Fsp3) is 0. The summed E-state index contributed by atoms with van der Waals surface area (Å²) in [5, 5.41) is 48.5. The predicted octanol–water partition coefficient (Wildman–Crippen LogP) is 0.781. The molecule has 0 fully saturated rings. The number of phenols is 4. The van der Waals surface area contributed by atoms with Gasteiger partial charge in [0.25, 0.3) is 0 Å². The molecule has 7 N–H and O–H groups in total. The van der Waals surface area contributed by atoms with E-state index in [0.29, 0.717) is 11.1 Å². The van der Waals surface area contributed by atoms with Gasteiger partial charge in [-0.1, -0.05) is 0 Å². The van der Waals surface area contributed by atoms with Crippen molar-refractivity contribution in [2.75, 3.05) is 0 Å². The number of hydrogen-bond acceptors (Lipinski definition) is 7. The molecule has 2 rings (SSSR count). The van der Waals surface area contributed by atoms with Crippen LogP contribution in [0.2, 0.25) is 0 Å². The molecule has 0 aromatic heterocycles. The van der Waals surface area contributed by atoms with E-state index >= 15 is 0 Å². The van der Waals surface area contributed by atoms with Crippen LogP contribution in [0, 0.1) is 0 Å². The normalized spacial score (nSPS) is 12.1. The molecule has 0 heterocycles. The summed E-state index contributed by atoms with van der Waals surface area (Å²) < 4.78 is 0. The number of hydrazone groups is 1. The van der Waals surface area contributed by atoms with Gasteiger partial charge in [-0.2, -0.15) is 10.2 Å². The molecule has 2 aromatic rings. The van der Waals surface area contributed by atoms with Crippen molar-refractivity contribution in [1.29, 1.82) is 0 Å². The molecule has 124 valence electrons. The number of nitrogens with zero attached hydrogens (tertiary/aromatic N) is 3. The number of guanidine groups is 1. The highest BCUT2D eigenvalue weighted by Crippen LogP contribution is 2.21. The molecule has 0 amide bonds. The van der Waals surface area contributed by atoms with Crippen LogP contribution < -0.4 is 11.2 Å². The van der Waals surface area contributed by atoms with Gasteiger partial charge < -0.3 is 26.2 Å². The molecule has 0 unspecified atom stereocenters. The third kappa shape index (κ3) is 4.63. The monoisotopic (exact) mass is 329 g/mol. The fourth-order valence-corrected chi connectivity index (χ4v) is 1.63. The fourth-order valence-electron chi connectivity index (χ4n) is 1.63. The third-order valence-electron chi connectivity index (χ3n) is 2.77. The van der Waals surface area contributed by atoms with Gasteiger partial charge in [0.15, 0.2) is 0 Å². The Labute approximate surface area is 136 Å². The molecule has 0 aliphatic rings. The molecule has 0 bridgehead atoms. The molecule has 0 atom stereocenters. The van der Waals surface area contributed by atoms with E-state index in [1.165, 1.54) is 48.8 Å². The van der Waals surface area contributed by atoms with Gasteiger partial charge in [0.05, 0.1) is 12.4 Å². The summed E-state index contributed by atoms with van der Waals surface area (Å²) in [6.45, 7) is 0. The van der Waals surface area contributed by atoms with Crippen LogP contribution in [0.3, 0.4) is 0 Å². The lowest BCUT2D eigenvalue weighted by Gasteiger charge is -2.00. The maximum atomic E-state index is 9.56. The van der Waals surface area contributed by atoms with Gasteiger partial charge in [-0.25, -0.2) is 5.43 Å². The lowest BCUT2D eigenvalue weighted by Crippen LogP contribution is -2.26. The molecular formula is C15H15N5O4. The van der Waals surface area contributed by atoms with Gasteiger partial charge in [-0.05, 0) is 24.3 Å². The van der Waals surface area contributed by atoms with E-state index in [1.54, 1.807) is 0 Å². The highest BCUT2D eigenvalue weighted by atomic mass is 16.3. The molecule has 0 aliphatic carbocycles. The largest absolute Gasteiger partial charge is 0.508 e. The zero-order valence-electron chi connectivity index (χ0n) is 12.3. The van der Waals surface area contributed by atoms with Gasteiger partial charge >= 0.3 is 0 Å². The van der Waals surface area contributed by atoms with Crippen molar-refractivity contribution >= 4 is 18.4 Å². The molecule has 0 radical (unpaired) electrons. The maximum Gasteiger partial charge on any atom is 0.234 e. The molecule has 24 heavy (non-hydrogen) atoms. The molecule has 0 saturated carbocycles. The van der Waals surface area contributed by atoms with Crippen molar-refractivity contribution in [2.45, 2.75) is 0 Å². The van der Waals surface area contributed by atoms with E-state index in [2.05, 4.69) is 20.7 Å². The van der Waals surface area contributed by atoms with Crippen LogP contribution in [-0.4, -0.2) is 38.8 Å². The Morgan fingerprint density at radius 1 is 0.875 bits per heavy atom. The second kappa shape index (κ2) is 7.49. The molecule has 9 heteroatoms. The van der Waals surface area contributed by atoms with Crippen molar-refractivity contribution < 1.29 is 20.4 Å². The van der Waals surface area contributed by atoms with Crippen LogP contribution in [0.5, 0.6) is 23.0 Å². The first-order valence-corrected chi connectivity index (χ1v) is 6.65. The first kappa shape index (κ1) is 16.6.